The van der Waals surface area contributed by atoms with Crippen LogP contribution in [-0.2, 0) is 0 Å². The molecule has 2 nitrogen and oxygen atoms in total. The van der Waals surface area contributed by atoms with Gasteiger partial charge in [-0.2, -0.15) is 0 Å². The molecule has 0 bridgehead atoms. The van der Waals surface area contributed by atoms with E-state index in [1.165, 1.54) is 6.42 Å². The Morgan fingerprint density at radius 3 is 2.81 bits per heavy atom. The second-order valence-corrected chi connectivity index (χ2v) is 4.60. The molecule has 90 valence electrons. The van der Waals surface area contributed by atoms with Gasteiger partial charge in [0.1, 0.15) is 18.9 Å². The van der Waals surface area contributed by atoms with Crippen LogP contribution in [0.5, 0.6) is 5.75 Å². The van der Waals surface area contributed by atoms with Crippen molar-refractivity contribution in [1.29, 1.82) is 0 Å². The van der Waals surface area contributed by atoms with Crippen LogP contribution < -0.4 is 10.1 Å². The van der Waals surface area contributed by atoms with Gasteiger partial charge in [0.05, 0.1) is 11.1 Å². The normalized spacial score (nSPS) is 12.5. The van der Waals surface area contributed by atoms with E-state index < -0.39 is 0 Å². The Morgan fingerprint density at radius 1 is 1.44 bits per heavy atom. The molecule has 1 aromatic rings. The summed E-state index contributed by atoms with van der Waals surface area (Å²) in [5.74, 6) is 0.782. The Kier molecular flexibility index (Phi) is 5.64. The maximum atomic E-state index is 6.06. The van der Waals surface area contributed by atoms with Crippen molar-refractivity contribution in [3.05, 3.63) is 28.8 Å². The maximum absolute atomic E-state index is 6.06. The zero-order valence-corrected chi connectivity index (χ0v) is 11.1. The molecule has 0 aromatic heterocycles. The first-order valence-electron chi connectivity index (χ1n) is 5.85. The van der Waals surface area contributed by atoms with Crippen molar-refractivity contribution in [1.82, 2.24) is 0 Å². The molecule has 1 rings (SSSR count). The molecule has 1 aromatic carbocycles. The largest absolute Gasteiger partial charge is 0.486 e. The van der Waals surface area contributed by atoms with E-state index in [2.05, 4.69) is 19.2 Å². The van der Waals surface area contributed by atoms with E-state index in [0.29, 0.717) is 17.7 Å². The predicted octanol–water partition coefficient (Wildman–Crippen LogP) is 2.39. The van der Waals surface area contributed by atoms with Gasteiger partial charge in [-0.15, -0.1) is 0 Å². The number of aryl methyl sites for hydroxylation is 1. The molecule has 0 heterocycles. The molecule has 0 aliphatic heterocycles. The predicted molar refractivity (Wildman–Crippen MR) is 68.2 cm³/mol. The van der Waals surface area contributed by atoms with Crippen LogP contribution >= 0.6 is 11.6 Å². The van der Waals surface area contributed by atoms with Gasteiger partial charge in [0.15, 0.2) is 0 Å². The third-order valence-corrected chi connectivity index (χ3v) is 2.97. The lowest BCUT2D eigenvalue weighted by atomic mass is 10.2. The highest BCUT2D eigenvalue weighted by Crippen LogP contribution is 2.24. The maximum Gasteiger partial charge on any atom is 0.138 e. The molecule has 1 atom stereocenters. The molecule has 3 heteroatoms. The minimum atomic E-state index is 0.664. The van der Waals surface area contributed by atoms with Crippen molar-refractivity contribution in [2.24, 2.45) is 0 Å². The first kappa shape index (κ1) is 13.3. The molecule has 0 fully saturated rings. The van der Waals surface area contributed by atoms with E-state index >= 15 is 0 Å². The number of quaternary nitrogens is 1. The van der Waals surface area contributed by atoms with Gasteiger partial charge in [-0.3, -0.25) is 0 Å². The van der Waals surface area contributed by atoms with Gasteiger partial charge >= 0.3 is 0 Å². The molecular weight excluding hydrogens is 222 g/mol. The topological polar surface area (TPSA) is 25.8 Å². The summed E-state index contributed by atoms with van der Waals surface area (Å²) in [6.45, 7) is 8.11. The van der Waals surface area contributed by atoms with Gasteiger partial charge in [0.2, 0.25) is 0 Å². The average molecular weight is 243 g/mol. The number of hydrogen-bond acceptors (Lipinski definition) is 1. The Hall–Kier alpha value is -0.730. The van der Waals surface area contributed by atoms with Gasteiger partial charge in [0.25, 0.3) is 0 Å². The highest BCUT2D eigenvalue weighted by Gasteiger charge is 2.03. The van der Waals surface area contributed by atoms with Crippen molar-refractivity contribution >= 4 is 11.6 Å². The number of hydrogen-bond donors (Lipinski definition) is 1. The summed E-state index contributed by atoms with van der Waals surface area (Å²) in [5, 5.41) is 2.99. The quantitative estimate of drug-likeness (QED) is 0.762. The summed E-state index contributed by atoms with van der Waals surface area (Å²) in [6.07, 6.45) is 1.19. The highest BCUT2D eigenvalue weighted by atomic mass is 35.5. The average Bonchev–Trinajstić information content (AvgIpc) is 2.26. The summed E-state index contributed by atoms with van der Waals surface area (Å²) in [6, 6.07) is 6.53. The van der Waals surface area contributed by atoms with Gasteiger partial charge in [0, 0.05) is 0 Å². The molecule has 0 radical (unpaired) electrons. The molecule has 16 heavy (non-hydrogen) atoms. The van der Waals surface area contributed by atoms with Crippen LogP contribution in [-0.4, -0.2) is 19.2 Å². The minimum Gasteiger partial charge on any atom is -0.486 e. The molecule has 0 aliphatic rings. The van der Waals surface area contributed by atoms with Crippen LogP contribution in [0, 0.1) is 6.92 Å². The Bertz CT molecular complexity index is 328. The molecule has 0 amide bonds. The molecule has 2 N–H and O–H groups in total. The summed E-state index contributed by atoms with van der Waals surface area (Å²) in [5.41, 5.74) is 1.16. The van der Waals surface area contributed by atoms with E-state index in [4.69, 9.17) is 16.3 Å². The highest BCUT2D eigenvalue weighted by molar-refractivity contribution is 6.32. The summed E-state index contributed by atoms with van der Waals surface area (Å²) < 4.78 is 5.62. The monoisotopic (exact) mass is 242 g/mol. The lowest BCUT2D eigenvalue weighted by Gasteiger charge is -2.10. The van der Waals surface area contributed by atoms with Gasteiger partial charge < -0.3 is 10.1 Å². The summed E-state index contributed by atoms with van der Waals surface area (Å²) in [4.78, 5) is 0. The van der Waals surface area contributed by atoms with Crippen LogP contribution in [0.3, 0.4) is 0 Å². The third kappa shape index (κ3) is 4.42. The van der Waals surface area contributed by atoms with Crippen LogP contribution in [0.1, 0.15) is 25.8 Å². The van der Waals surface area contributed by atoms with E-state index in [9.17, 15) is 0 Å². The van der Waals surface area contributed by atoms with Crippen LogP contribution in [0.4, 0.5) is 0 Å². The molecule has 0 saturated carbocycles. The number of benzene rings is 1. The van der Waals surface area contributed by atoms with Crippen molar-refractivity contribution < 1.29 is 10.1 Å². The second-order valence-electron chi connectivity index (χ2n) is 4.19. The number of rotatable bonds is 6. The van der Waals surface area contributed by atoms with Crippen molar-refractivity contribution in [2.45, 2.75) is 33.2 Å². The van der Waals surface area contributed by atoms with Gasteiger partial charge in [-0.05, 0) is 38.0 Å². The smallest absolute Gasteiger partial charge is 0.138 e. The lowest BCUT2D eigenvalue weighted by molar-refractivity contribution is -0.686. The Balaban J connectivity index is 2.32. The summed E-state index contributed by atoms with van der Waals surface area (Å²) in [7, 11) is 0. The first-order chi connectivity index (χ1) is 7.63. The third-order valence-electron chi connectivity index (χ3n) is 2.68. The minimum absolute atomic E-state index is 0.664. The van der Waals surface area contributed by atoms with Crippen molar-refractivity contribution in [3.8, 4) is 5.75 Å². The zero-order valence-electron chi connectivity index (χ0n) is 10.3. The first-order valence-corrected chi connectivity index (χ1v) is 6.23. The second kappa shape index (κ2) is 6.77. The van der Waals surface area contributed by atoms with Crippen molar-refractivity contribution in [3.63, 3.8) is 0 Å². The van der Waals surface area contributed by atoms with Gasteiger partial charge in [-0.1, -0.05) is 24.6 Å². The Labute approximate surface area is 103 Å². The lowest BCUT2D eigenvalue weighted by Crippen LogP contribution is -2.90. The molecule has 0 unspecified atom stereocenters. The fourth-order valence-corrected chi connectivity index (χ4v) is 1.70. The molecular formula is C13H21ClNO+. The van der Waals surface area contributed by atoms with Crippen LogP contribution in [0.15, 0.2) is 18.2 Å². The molecule has 0 aliphatic carbocycles. The fourth-order valence-electron chi connectivity index (χ4n) is 1.41. The molecule has 0 saturated heterocycles. The number of ether oxygens (including phenoxy) is 1. The van der Waals surface area contributed by atoms with E-state index in [1.807, 2.05) is 25.1 Å². The van der Waals surface area contributed by atoms with E-state index in [0.717, 1.165) is 17.9 Å². The number of halogens is 1. The van der Waals surface area contributed by atoms with Crippen LogP contribution in [0.25, 0.3) is 0 Å². The standard InChI is InChI=1S/C13H20ClNO/c1-4-11(3)15-7-8-16-13-6-5-10(2)9-12(13)14/h5-6,9,11,15H,4,7-8H2,1-3H3/p+1/t11-/m0/s1. The van der Waals surface area contributed by atoms with Crippen LogP contribution in [0.2, 0.25) is 5.02 Å². The fraction of sp³-hybridized carbons (Fsp3) is 0.538. The summed E-state index contributed by atoms with van der Waals surface area (Å²) >= 11 is 6.06. The van der Waals surface area contributed by atoms with Crippen molar-refractivity contribution in [2.75, 3.05) is 13.2 Å². The molecule has 0 spiro atoms. The van der Waals surface area contributed by atoms with E-state index in [-0.39, 0.29) is 0 Å². The van der Waals surface area contributed by atoms with Gasteiger partial charge in [-0.25, -0.2) is 0 Å². The zero-order chi connectivity index (χ0) is 12.0. The van der Waals surface area contributed by atoms with E-state index in [1.54, 1.807) is 0 Å². The SMILES string of the molecule is CC[C@H](C)[NH2+]CCOc1ccc(C)cc1Cl. The number of nitrogens with two attached hydrogens (primary N) is 1. The Morgan fingerprint density at radius 2 is 2.19 bits per heavy atom.